The van der Waals surface area contributed by atoms with E-state index in [1.165, 1.54) is 4.90 Å². The van der Waals surface area contributed by atoms with Gasteiger partial charge in [-0.25, -0.2) is 4.79 Å². The highest BCUT2D eigenvalue weighted by molar-refractivity contribution is 7.80. The van der Waals surface area contributed by atoms with Gasteiger partial charge in [0.1, 0.15) is 0 Å². The molecule has 0 spiro atoms. The topological polar surface area (TPSA) is 61.4 Å². The van der Waals surface area contributed by atoms with E-state index in [9.17, 15) is 9.59 Å². The third-order valence-electron chi connectivity index (χ3n) is 2.56. The Morgan fingerprint density at radius 1 is 1.21 bits per heavy atom. The lowest BCUT2D eigenvalue weighted by Crippen LogP contribution is -2.39. The van der Waals surface area contributed by atoms with Gasteiger partial charge in [0.15, 0.2) is 0 Å². The lowest BCUT2D eigenvalue weighted by Gasteiger charge is -2.12. The molecular formula is C13H19N3O2S. The molecule has 3 amide bonds. The number of aryl methyl sites for hydroxylation is 1. The van der Waals surface area contributed by atoms with Crippen LogP contribution in [0.1, 0.15) is 15.9 Å². The maximum absolute atomic E-state index is 11.9. The van der Waals surface area contributed by atoms with Gasteiger partial charge in [-0.2, -0.15) is 0 Å². The fourth-order valence-corrected chi connectivity index (χ4v) is 1.66. The highest BCUT2D eigenvalue weighted by atomic mass is 32.1. The van der Waals surface area contributed by atoms with Crippen molar-refractivity contribution < 1.29 is 9.59 Å². The fourth-order valence-electron chi connectivity index (χ4n) is 1.45. The number of urea groups is 1. The molecule has 0 bridgehead atoms. The molecule has 0 radical (unpaired) electrons. The number of benzene rings is 1. The Hall–Kier alpha value is -1.69. The number of rotatable bonds is 4. The molecule has 0 heterocycles. The highest BCUT2D eigenvalue weighted by Gasteiger charge is 2.09. The van der Waals surface area contributed by atoms with Gasteiger partial charge < -0.3 is 15.5 Å². The van der Waals surface area contributed by atoms with Gasteiger partial charge in [0, 0.05) is 37.6 Å². The molecule has 0 fully saturated rings. The van der Waals surface area contributed by atoms with Gasteiger partial charge in [0.05, 0.1) is 0 Å². The average molecular weight is 281 g/mol. The molecule has 0 atom stereocenters. The third kappa shape index (κ3) is 4.82. The molecule has 2 N–H and O–H groups in total. The zero-order chi connectivity index (χ0) is 14.4. The molecule has 6 heteroatoms. The number of hydrogen-bond acceptors (Lipinski definition) is 3. The first-order valence-electron chi connectivity index (χ1n) is 5.95. The van der Waals surface area contributed by atoms with Crippen LogP contribution in [0, 0.1) is 6.92 Å². The molecule has 0 saturated heterocycles. The van der Waals surface area contributed by atoms with Crippen LogP contribution in [0.5, 0.6) is 0 Å². The molecular weight excluding hydrogens is 262 g/mol. The molecule has 19 heavy (non-hydrogen) atoms. The Kier molecular flexibility index (Phi) is 5.69. The molecule has 1 rings (SSSR count). The number of amides is 3. The number of nitrogens with zero attached hydrogens (tertiary/aromatic N) is 1. The summed E-state index contributed by atoms with van der Waals surface area (Å²) in [6, 6.07) is 5.24. The summed E-state index contributed by atoms with van der Waals surface area (Å²) in [5, 5.41) is 5.43. The quantitative estimate of drug-likeness (QED) is 0.575. The van der Waals surface area contributed by atoms with Gasteiger partial charge in [0.2, 0.25) is 0 Å². The van der Waals surface area contributed by atoms with Crippen molar-refractivity contribution >= 4 is 24.6 Å². The van der Waals surface area contributed by atoms with Crippen LogP contribution in [0.4, 0.5) is 4.79 Å². The first-order chi connectivity index (χ1) is 8.91. The lowest BCUT2D eigenvalue weighted by atomic mass is 10.1. The summed E-state index contributed by atoms with van der Waals surface area (Å²) in [6.07, 6.45) is 0. The second-order valence-corrected chi connectivity index (χ2v) is 4.90. The first-order valence-corrected chi connectivity index (χ1v) is 6.39. The fraction of sp³-hybridized carbons (Fsp3) is 0.385. The van der Waals surface area contributed by atoms with Crippen molar-refractivity contribution in [1.82, 2.24) is 15.5 Å². The van der Waals surface area contributed by atoms with Gasteiger partial charge in [-0.1, -0.05) is 6.07 Å². The summed E-state index contributed by atoms with van der Waals surface area (Å²) >= 11 is 4.21. The number of nitrogens with one attached hydrogen (secondary N) is 2. The van der Waals surface area contributed by atoms with E-state index in [0.29, 0.717) is 18.7 Å². The van der Waals surface area contributed by atoms with E-state index in [4.69, 9.17) is 0 Å². The molecule has 0 aliphatic carbocycles. The second-order valence-electron chi connectivity index (χ2n) is 4.38. The van der Waals surface area contributed by atoms with Crippen LogP contribution in [0.2, 0.25) is 0 Å². The number of thiol groups is 1. The van der Waals surface area contributed by atoms with E-state index in [2.05, 4.69) is 23.3 Å². The van der Waals surface area contributed by atoms with Gasteiger partial charge >= 0.3 is 6.03 Å². The Labute approximate surface area is 118 Å². The molecule has 104 valence electrons. The summed E-state index contributed by atoms with van der Waals surface area (Å²) in [5.74, 6) is -0.160. The van der Waals surface area contributed by atoms with Crippen molar-refractivity contribution in [2.45, 2.75) is 11.8 Å². The number of hydrogen-bond donors (Lipinski definition) is 3. The van der Waals surface area contributed by atoms with Crippen LogP contribution in [-0.2, 0) is 0 Å². The standard InChI is InChI=1S/C13H19N3O2S/c1-9-4-5-10(19)8-11(9)12(17)14-6-7-15-13(18)16(2)3/h4-5,8,19H,6-7H2,1-3H3,(H,14,17)(H,15,18). The van der Waals surface area contributed by atoms with E-state index in [-0.39, 0.29) is 11.9 Å². The molecule has 1 aromatic carbocycles. The predicted molar refractivity (Wildman–Crippen MR) is 77.8 cm³/mol. The van der Waals surface area contributed by atoms with Crippen molar-refractivity contribution in [3.63, 3.8) is 0 Å². The molecule has 1 aromatic rings. The van der Waals surface area contributed by atoms with Gasteiger partial charge in [-0.15, -0.1) is 12.6 Å². The second kappa shape index (κ2) is 7.04. The summed E-state index contributed by atoms with van der Waals surface area (Å²) in [7, 11) is 3.32. The maximum atomic E-state index is 11.9. The summed E-state index contributed by atoms with van der Waals surface area (Å²) in [4.78, 5) is 25.4. The average Bonchev–Trinajstić information content (AvgIpc) is 2.36. The van der Waals surface area contributed by atoms with Crippen LogP contribution in [0.3, 0.4) is 0 Å². The Balaban J connectivity index is 2.44. The molecule has 0 aromatic heterocycles. The van der Waals surface area contributed by atoms with Crippen molar-refractivity contribution in [3.05, 3.63) is 29.3 Å². The van der Waals surface area contributed by atoms with Crippen LogP contribution in [0.25, 0.3) is 0 Å². The van der Waals surface area contributed by atoms with Gasteiger partial charge in [-0.3, -0.25) is 4.79 Å². The first kappa shape index (κ1) is 15.4. The monoisotopic (exact) mass is 281 g/mol. The smallest absolute Gasteiger partial charge is 0.316 e. The van der Waals surface area contributed by atoms with E-state index in [0.717, 1.165) is 10.5 Å². The summed E-state index contributed by atoms with van der Waals surface area (Å²) < 4.78 is 0. The largest absolute Gasteiger partial charge is 0.350 e. The van der Waals surface area contributed by atoms with Crippen molar-refractivity contribution in [3.8, 4) is 0 Å². The Morgan fingerprint density at radius 3 is 2.47 bits per heavy atom. The molecule has 0 saturated carbocycles. The van der Waals surface area contributed by atoms with Gasteiger partial charge in [0.25, 0.3) is 5.91 Å². The SMILES string of the molecule is Cc1ccc(S)cc1C(=O)NCCNC(=O)N(C)C. The van der Waals surface area contributed by atoms with E-state index < -0.39 is 0 Å². The normalized spacial score (nSPS) is 9.89. The minimum absolute atomic E-state index is 0.160. The number of carbonyl (C=O) groups excluding carboxylic acids is 2. The van der Waals surface area contributed by atoms with Crippen LogP contribution < -0.4 is 10.6 Å². The third-order valence-corrected chi connectivity index (χ3v) is 2.84. The molecule has 0 unspecified atom stereocenters. The zero-order valence-corrected chi connectivity index (χ0v) is 12.3. The summed E-state index contributed by atoms with van der Waals surface area (Å²) in [5.41, 5.74) is 1.50. The zero-order valence-electron chi connectivity index (χ0n) is 11.4. The van der Waals surface area contributed by atoms with Crippen LogP contribution in [-0.4, -0.2) is 44.0 Å². The van der Waals surface area contributed by atoms with Gasteiger partial charge in [-0.05, 0) is 24.6 Å². The minimum Gasteiger partial charge on any atom is -0.350 e. The van der Waals surface area contributed by atoms with Crippen LogP contribution >= 0.6 is 12.6 Å². The minimum atomic E-state index is -0.178. The Bertz CT molecular complexity index is 475. The molecule has 0 aliphatic rings. The van der Waals surface area contributed by atoms with Crippen molar-refractivity contribution in [2.75, 3.05) is 27.2 Å². The number of carbonyl (C=O) groups is 2. The summed E-state index contributed by atoms with van der Waals surface area (Å²) in [6.45, 7) is 2.65. The highest BCUT2D eigenvalue weighted by Crippen LogP contribution is 2.13. The Morgan fingerprint density at radius 2 is 1.84 bits per heavy atom. The molecule has 5 nitrogen and oxygen atoms in total. The van der Waals surface area contributed by atoms with Crippen molar-refractivity contribution in [2.24, 2.45) is 0 Å². The van der Waals surface area contributed by atoms with E-state index in [1.807, 2.05) is 19.1 Å². The van der Waals surface area contributed by atoms with E-state index >= 15 is 0 Å². The van der Waals surface area contributed by atoms with Crippen molar-refractivity contribution in [1.29, 1.82) is 0 Å². The molecule has 0 aliphatic heterocycles. The lowest BCUT2D eigenvalue weighted by molar-refractivity contribution is 0.0953. The van der Waals surface area contributed by atoms with Crippen LogP contribution in [0.15, 0.2) is 23.1 Å². The maximum Gasteiger partial charge on any atom is 0.316 e. The van der Waals surface area contributed by atoms with E-state index in [1.54, 1.807) is 20.2 Å². The predicted octanol–water partition coefficient (Wildman–Crippen LogP) is 1.28.